The van der Waals surface area contributed by atoms with Gasteiger partial charge < -0.3 is 5.32 Å². The summed E-state index contributed by atoms with van der Waals surface area (Å²) in [7, 11) is 0. The lowest BCUT2D eigenvalue weighted by Crippen LogP contribution is -2.29. The molecule has 0 heterocycles. The van der Waals surface area contributed by atoms with E-state index in [1.54, 1.807) is 12.1 Å². The van der Waals surface area contributed by atoms with Crippen LogP contribution in [0.5, 0.6) is 0 Å². The normalized spacial score (nSPS) is 18.9. The van der Waals surface area contributed by atoms with Gasteiger partial charge in [0.25, 0.3) is 0 Å². The zero-order valence-corrected chi connectivity index (χ0v) is 9.62. The quantitative estimate of drug-likeness (QED) is 0.810. The van der Waals surface area contributed by atoms with Crippen molar-refractivity contribution < 1.29 is 4.39 Å². The fraction of sp³-hybridized carbons (Fsp3) is 0.357. The predicted octanol–water partition coefficient (Wildman–Crippen LogP) is 2.90. The second-order valence-corrected chi connectivity index (χ2v) is 4.28. The van der Waals surface area contributed by atoms with E-state index in [0.717, 1.165) is 19.3 Å². The van der Waals surface area contributed by atoms with Gasteiger partial charge in [-0.15, -0.1) is 0 Å². The summed E-state index contributed by atoms with van der Waals surface area (Å²) in [5.41, 5.74) is 0.991. The molecule has 0 saturated heterocycles. The van der Waals surface area contributed by atoms with E-state index in [2.05, 4.69) is 17.5 Å². The standard InChI is InChI=1S/C14H15FN2/c15-14-8-11(9-16)6-7-12(14)10-17-13-4-2-1-3-5-13/h1-2,6-8,13,17H,3-5,10H2. The minimum Gasteiger partial charge on any atom is -0.309 e. The molecule has 0 saturated carbocycles. The van der Waals surface area contributed by atoms with Gasteiger partial charge in [-0.25, -0.2) is 4.39 Å². The molecule has 88 valence electrons. The Morgan fingerprint density at radius 3 is 2.94 bits per heavy atom. The van der Waals surface area contributed by atoms with Crippen LogP contribution >= 0.6 is 0 Å². The summed E-state index contributed by atoms with van der Waals surface area (Å²) in [5, 5.41) is 12.0. The third kappa shape index (κ3) is 3.15. The monoisotopic (exact) mass is 230 g/mol. The highest BCUT2D eigenvalue weighted by molar-refractivity contribution is 5.32. The summed E-state index contributed by atoms with van der Waals surface area (Å²) in [4.78, 5) is 0. The van der Waals surface area contributed by atoms with Crippen LogP contribution in [0.1, 0.15) is 30.4 Å². The predicted molar refractivity (Wildman–Crippen MR) is 64.7 cm³/mol. The van der Waals surface area contributed by atoms with Crippen molar-refractivity contribution in [2.75, 3.05) is 0 Å². The molecule has 3 heteroatoms. The largest absolute Gasteiger partial charge is 0.309 e. The van der Waals surface area contributed by atoms with Gasteiger partial charge in [0.2, 0.25) is 0 Å². The molecule has 0 radical (unpaired) electrons. The van der Waals surface area contributed by atoms with Crippen LogP contribution in [0.15, 0.2) is 30.4 Å². The third-order valence-corrected chi connectivity index (χ3v) is 3.03. The van der Waals surface area contributed by atoms with Gasteiger partial charge >= 0.3 is 0 Å². The molecule has 2 rings (SSSR count). The van der Waals surface area contributed by atoms with Crippen molar-refractivity contribution >= 4 is 0 Å². The van der Waals surface area contributed by atoms with Crippen LogP contribution in [0.25, 0.3) is 0 Å². The summed E-state index contributed by atoms with van der Waals surface area (Å²) < 4.78 is 13.6. The Kier molecular flexibility index (Phi) is 3.89. The van der Waals surface area contributed by atoms with Crippen molar-refractivity contribution in [2.45, 2.75) is 31.8 Å². The lowest BCUT2D eigenvalue weighted by atomic mass is 10.0. The average molecular weight is 230 g/mol. The van der Waals surface area contributed by atoms with Crippen LogP contribution in [0.3, 0.4) is 0 Å². The summed E-state index contributed by atoms with van der Waals surface area (Å²) in [6.45, 7) is 0.524. The Balaban J connectivity index is 1.95. The van der Waals surface area contributed by atoms with Crippen LogP contribution in [0, 0.1) is 17.1 Å². The Morgan fingerprint density at radius 2 is 2.29 bits per heavy atom. The Bertz CT molecular complexity index is 460. The zero-order valence-electron chi connectivity index (χ0n) is 9.62. The first kappa shape index (κ1) is 11.8. The number of hydrogen-bond acceptors (Lipinski definition) is 2. The lowest BCUT2D eigenvalue weighted by Gasteiger charge is -2.19. The Morgan fingerprint density at radius 1 is 1.41 bits per heavy atom. The molecule has 1 aromatic rings. The maximum absolute atomic E-state index is 13.6. The van der Waals surface area contributed by atoms with Crippen molar-refractivity contribution in [3.63, 3.8) is 0 Å². The summed E-state index contributed by atoms with van der Waals surface area (Å²) >= 11 is 0. The van der Waals surface area contributed by atoms with Gasteiger partial charge in [-0.2, -0.15) is 5.26 Å². The number of nitrogens with zero attached hydrogens (tertiary/aromatic N) is 1. The fourth-order valence-electron chi connectivity index (χ4n) is 1.99. The average Bonchev–Trinajstić information content (AvgIpc) is 2.38. The smallest absolute Gasteiger partial charge is 0.129 e. The van der Waals surface area contributed by atoms with Crippen molar-refractivity contribution in [2.24, 2.45) is 0 Å². The maximum Gasteiger partial charge on any atom is 0.129 e. The van der Waals surface area contributed by atoms with Crippen LogP contribution < -0.4 is 5.32 Å². The Labute approximate surface area is 101 Å². The summed E-state index contributed by atoms with van der Waals surface area (Å²) in [6, 6.07) is 6.99. The molecular weight excluding hydrogens is 215 g/mol. The van der Waals surface area contributed by atoms with Crippen LogP contribution in [-0.2, 0) is 6.54 Å². The second kappa shape index (κ2) is 5.60. The number of allylic oxidation sites excluding steroid dienone is 1. The molecule has 1 aliphatic rings. The zero-order chi connectivity index (χ0) is 12.1. The van der Waals surface area contributed by atoms with Gasteiger partial charge in [0, 0.05) is 18.2 Å². The van der Waals surface area contributed by atoms with Crippen molar-refractivity contribution in [1.29, 1.82) is 5.26 Å². The van der Waals surface area contributed by atoms with Crippen molar-refractivity contribution in [1.82, 2.24) is 5.32 Å². The lowest BCUT2D eigenvalue weighted by molar-refractivity contribution is 0.466. The number of nitriles is 1. The SMILES string of the molecule is N#Cc1ccc(CNC2CC=CCC2)c(F)c1. The van der Waals surface area contributed by atoms with Gasteiger partial charge in [0.05, 0.1) is 11.6 Å². The molecular formula is C14H15FN2. The van der Waals surface area contributed by atoms with Crippen LogP contribution in [0.4, 0.5) is 4.39 Å². The number of hydrogen-bond donors (Lipinski definition) is 1. The molecule has 1 unspecified atom stereocenters. The first-order chi connectivity index (χ1) is 8.29. The molecule has 1 atom stereocenters. The fourth-order valence-corrected chi connectivity index (χ4v) is 1.99. The molecule has 1 aliphatic carbocycles. The number of benzene rings is 1. The minimum atomic E-state index is -0.303. The van der Waals surface area contributed by atoms with E-state index in [9.17, 15) is 4.39 Å². The molecule has 1 aromatic carbocycles. The molecule has 0 fully saturated rings. The molecule has 1 N–H and O–H groups in total. The topological polar surface area (TPSA) is 35.8 Å². The van der Waals surface area contributed by atoms with Gasteiger partial charge in [0.1, 0.15) is 5.82 Å². The van der Waals surface area contributed by atoms with E-state index in [1.165, 1.54) is 6.07 Å². The first-order valence-electron chi connectivity index (χ1n) is 5.86. The van der Waals surface area contributed by atoms with Gasteiger partial charge in [-0.05, 0) is 31.4 Å². The molecule has 17 heavy (non-hydrogen) atoms. The van der Waals surface area contributed by atoms with Gasteiger partial charge in [0.15, 0.2) is 0 Å². The molecule has 0 spiro atoms. The highest BCUT2D eigenvalue weighted by Gasteiger charge is 2.10. The number of rotatable bonds is 3. The Hall–Kier alpha value is -1.66. The van der Waals surface area contributed by atoms with E-state index < -0.39 is 0 Å². The highest BCUT2D eigenvalue weighted by atomic mass is 19.1. The highest BCUT2D eigenvalue weighted by Crippen LogP contribution is 2.13. The summed E-state index contributed by atoms with van der Waals surface area (Å²) in [6.07, 6.45) is 7.55. The van der Waals surface area contributed by atoms with E-state index in [-0.39, 0.29) is 5.82 Å². The third-order valence-electron chi connectivity index (χ3n) is 3.03. The van der Waals surface area contributed by atoms with E-state index in [0.29, 0.717) is 23.7 Å². The number of nitrogens with one attached hydrogen (secondary N) is 1. The van der Waals surface area contributed by atoms with Crippen LogP contribution in [-0.4, -0.2) is 6.04 Å². The van der Waals surface area contributed by atoms with E-state index in [1.807, 2.05) is 6.07 Å². The van der Waals surface area contributed by atoms with Crippen LogP contribution in [0.2, 0.25) is 0 Å². The van der Waals surface area contributed by atoms with E-state index >= 15 is 0 Å². The first-order valence-corrected chi connectivity index (χ1v) is 5.86. The second-order valence-electron chi connectivity index (χ2n) is 4.28. The van der Waals surface area contributed by atoms with Gasteiger partial charge in [-0.1, -0.05) is 18.2 Å². The summed E-state index contributed by atoms with van der Waals surface area (Å²) in [5.74, 6) is -0.303. The van der Waals surface area contributed by atoms with Gasteiger partial charge in [-0.3, -0.25) is 0 Å². The molecule has 0 aliphatic heterocycles. The molecule has 0 amide bonds. The molecule has 0 bridgehead atoms. The molecule has 0 aromatic heterocycles. The van der Waals surface area contributed by atoms with E-state index in [4.69, 9.17) is 5.26 Å². The molecule has 2 nitrogen and oxygen atoms in total. The number of halogens is 1. The minimum absolute atomic E-state index is 0.303. The van der Waals surface area contributed by atoms with Crippen molar-refractivity contribution in [3.8, 4) is 6.07 Å². The van der Waals surface area contributed by atoms with Crippen molar-refractivity contribution in [3.05, 3.63) is 47.3 Å². The maximum atomic E-state index is 13.6.